The van der Waals surface area contributed by atoms with Crippen molar-refractivity contribution in [2.75, 3.05) is 26.0 Å². The maximum atomic E-state index is 12.9. The summed E-state index contributed by atoms with van der Waals surface area (Å²) in [5.74, 6) is 0.00807. The summed E-state index contributed by atoms with van der Waals surface area (Å²) in [6, 6.07) is 8.75. The minimum atomic E-state index is -0.158. The molecule has 3 aromatic rings. The number of nitrogens with zero attached hydrogens (tertiary/aromatic N) is 2. The molecule has 0 spiro atoms. The Hall–Kier alpha value is -1.87. The van der Waals surface area contributed by atoms with Gasteiger partial charge in [0.15, 0.2) is 5.16 Å². The summed E-state index contributed by atoms with van der Waals surface area (Å²) in [7, 11) is 1.58. The number of ether oxygens (including phenoxy) is 1. The van der Waals surface area contributed by atoms with Crippen LogP contribution >= 0.6 is 34.7 Å². The van der Waals surface area contributed by atoms with Crippen LogP contribution in [0, 0.1) is 0 Å². The van der Waals surface area contributed by atoms with Crippen LogP contribution in [0.25, 0.3) is 15.9 Å². The van der Waals surface area contributed by atoms with E-state index in [1.165, 1.54) is 27.7 Å². The molecule has 2 heterocycles. The molecule has 0 radical (unpaired) electrons. The largest absolute Gasteiger partial charge is 0.383 e. The highest BCUT2D eigenvalue weighted by molar-refractivity contribution is 7.99. The van der Waals surface area contributed by atoms with Crippen LogP contribution in [-0.2, 0) is 9.53 Å². The van der Waals surface area contributed by atoms with Crippen molar-refractivity contribution >= 4 is 50.8 Å². The van der Waals surface area contributed by atoms with E-state index in [9.17, 15) is 9.59 Å². The predicted octanol–water partition coefficient (Wildman–Crippen LogP) is 2.96. The van der Waals surface area contributed by atoms with Crippen LogP contribution in [-0.4, -0.2) is 41.5 Å². The fourth-order valence-corrected chi connectivity index (χ4v) is 4.01. The van der Waals surface area contributed by atoms with E-state index in [0.717, 1.165) is 0 Å². The van der Waals surface area contributed by atoms with Gasteiger partial charge in [0.2, 0.25) is 5.91 Å². The topological polar surface area (TPSA) is 73.2 Å². The van der Waals surface area contributed by atoms with Crippen molar-refractivity contribution in [2.24, 2.45) is 0 Å². The second-order valence-corrected chi connectivity index (χ2v) is 7.57. The van der Waals surface area contributed by atoms with Gasteiger partial charge in [0, 0.05) is 18.7 Å². The van der Waals surface area contributed by atoms with Gasteiger partial charge in [-0.15, -0.1) is 11.3 Å². The zero-order valence-electron chi connectivity index (χ0n) is 13.9. The summed E-state index contributed by atoms with van der Waals surface area (Å²) in [6.07, 6.45) is 0. The molecule has 3 rings (SSSR count). The summed E-state index contributed by atoms with van der Waals surface area (Å²) in [4.78, 5) is 29.4. The molecule has 1 amide bonds. The Kier molecular flexibility index (Phi) is 6.31. The van der Waals surface area contributed by atoms with Crippen LogP contribution in [0.3, 0.4) is 0 Å². The molecule has 0 fully saturated rings. The van der Waals surface area contributed by atoms with Gasteiger partial charge < -0.3 is 10.1 Å². The van der Waals surface area contributed by atoms with Gasteiger partial charge >= 0.3 is 0 Å². The van der Waals surface area contributed by atoms with Crippen molar-refractivity contribution in [2.45, 2.75) is 5.16 Å². The van der Waals surface area contributed by atoms with Gasteiger partial charge in [0.25, 0.3) is 5.56 Å². The number of carbonyl (C=O) groups excluding carboxylic acids is 1. The quantitative estimate of drug-likeness (QED) is 0.369. The van der Waals surface area contributed by atoms with Crippen molar-refractivity contribution in [1.82, 2.24) is 14.9 Å². The Labute approximate surface area is 163 Å². The second-order valence-electron chi connectivity index (χ2n) is 5.28. The fraction of sp³-hybridized carbons (Fsp3) is 0.235. The number of carbonyl (C=O) groups is 1. The number of amides is 1. The normalized spacial score (nSPS) is 11.0. The number of rotatable bonds is 7. The molecule has 6 nitrogen and oxygen atoms in total. The van der Waals surface area contributed by atoms with Crippen molar-refractivity contribution in [3.63, 3.8) is 0 Å². The van der Waals surface area contributed by atoms with Gasteiger partial charge in [-0.25, -0.2) is 4.98 Å². The number of halogens is 1. The molecule has 0 aliphatic rings. The number of hydrogen-bond donors (Lipinski definition) is 1. The molecule has 0 bridgehead atoms. The van der Waals surface area contributed by atoms with Gasteiger partial charge in [-0.1, -0.05) is 23.4 Å². The first-order chi connectivity index (χ1) is 12.6. The average molecular weight is 410 g/mol. The SMILES string of the molecule is COCCNC(=O)CSc1nc2ccsc2c(=O)n1-c1ccc(Cl)cc1. The third-order valence-electron chi connectivity index (χ3n) is 3.49. The molecule has 0 aliphatic heterocycles. The number of fused-ring (bicyclic) bond motifs is 1. The van der Waals surface area contributed by atoms with Crippen molar-refractivity contribution < 1.29 is 9.53 Å². The molecule has 0 atom stereocenters. The van der Waals surface area contributed by atoms with Gasteiger partial charge in [0.1, 0.15) is 4.70 Å². The third-order valence-corrected chi connectivity index (χ3v) is 5.58. The van der Waals surface area contributed by atoms with Crippen LogP contribution in [0.1, 0.15) is 0 Å². The van der Waals surface area contributed by atoms with E-state index in [1.54, 1.807) is 37.4 Å². The van der Waals surface area contributed by atoms with E-state index < -0.39 is 0 Å². The number of methoxy groups -OCH3 is 1. The van der Waals surface area contributed by atoms with E-state index in [1.807, 2.05) is 5.38 Å². The summed E-state index contributed by atoms with van der Waals surface area (Å²) >= 11 is 8.51. The van der Waals surface area contributed by atoms with Crippen molar-refractivity contribution in [3.05, 3.63) is 51.1 Å². The molecule has 1 N–H and O–H groups in total. The lowest BCUT2D eigenvalue weighted by Crippen LogP contribution is -2.29. The molecule has 26 heavy (non-hydrogen) atoms. The number of aromatic nitrogens is 2. The van der Waals surface area contributed by atoms with E-state index in [0.29, 0.717) is 39.2 Å². The predicted molar refractivity (Wildman–Crippen MR) is 106 cm³/mol. The molecule has 0 unspecified atom stereocenters. The minimum absolute atomic E-state index is 0.144. The Morgan fingerprint density at radius 3 is 2.85 bits per heavy atom. The van der Waals surface area contributed by atoms with Gasteiger partial charge in [-0.2, -0.15) is 0 Å². The van der Waals surface area contributed by atoms with Gasteiger partial charge in [0.05, 0.1) is 23.6 Å². The summed E-state index contributed by atoms with van der Waals surface area (Å²) < 4.78 is 7.00. The molecule has 9 heteroatoms. The first kappa shape index (κ1) is 18.9. The number of thioether (sulfide) groups is 1. The average Bonchev–Trinajstić information content (AvgIpc) is 3.10. The van der Waals surface area contributed by atoms with Crippen molar-refractivity contribution in [1.29, 1.82) is 0 Å². The summed E-state index contributed by atoms with van der Waals surface area (Å²) in [6.45, 7) is 0.891. The lowest BCUT2D eigenvalue weighted by Gasteiger charge is -2.12. The minimum Gasteiger partial charge on any atom is -0.383 e. The highest BCUT2D eigenvalue weighted by Crippen LogP contribution is 2.24. The van der Waals surface area contributed by atoms with Crippen LogP contribution in [0.4, 0.5) is 0 Å². The third kappa shape index (κ3) is 4.27. The Bertz CT molecular complexity index is 970. The molecule has 0 saturated carbocycles. The van der Waals surface area contributed by atoms with E-state index in [2.05, 4.69) is 10.3 Å². The van der Waals surface area contributed by atoms with Crippen LogP contribution in [0.15, 0.2) is 45.7 Å². The van der Waals surface area contributed by atoms with E-state index in [4.69, 9.17) is 16.3 Å². The monoisotopic (exact) mass is 409 g/mol. The lowest BCUT2D eigenvalue weighted by molar-refractivity contribution is -0.118. The van der Waals surface area contributed by atoms with E-state index >= 15 is 0 Å². The number of benzene rings is 1. The zero-order valence-corrected chi connectivity index (χ0v) is 16.3. The van der Waals surface area contributed by atoms with Crippen molar-refractivity contribution in [3.8, 4) is 5.69 Å². The molecule has 0 aliphatic carbocycles. The number of thiophene rings is 1. The second kappa shape index (κ2) is 8.68. The summed E-state index contributed by atoms with van der Waals surface area (Å²) in [5.41, 5.74) is 1.13. The van der Waals surface area contributed by atoms with Gasteiger partial charge in [-0.05, 0) is 35.7 Å². The molecular formula is C17H16ClN3O3S2. The molecule has 0 saturated heterocycles. The summed E-state index contributed by atoms with van der Waals surface area (Å²) in [5, 5.41) is 5.63. The maximum Gasteiger partial charge on any atom is 0.276 e. The van der Waals surface area contributed by atoms with Gasteiger partial charge in [-0.3, -0.25) is 14.2 Å². The Balaban J connectivity index is 1.93. The number of nitrogens with one attached hydrogen (secondary N) is 1. The lowest BCUT2D eigenvalue weighted by atomic mass is 10.3. The van der Waals surface area contributed by atoms with Crippen LogP contribution < -0.4 is 10.9 Å². The highest BCUT2D eigenvalue weighted by Gasteiger charge is 2.15. The Morgan fingerprint density at radius 1 is 1.35 bits per heavy atom. The molecular weight excluding hydrogens is 394 g/mol. The standard InChI is InChI=1S/C17H16ClN3O3S2/c1-24-8-7-19-14(22)10-26-17-20-13-6-9-25-15(13)16(23)21(17)12-4-2-11(18)3-5-12/h2-6,9H,7-8,10H2,1H3,(H,19,22). The van der Waals surface area contributed by atoms with Crippen LogP contribution in [0.2, 0.25) is 5.02 Å². The first-order valence-electron chi connectivity index (χ1n) is 7.75. The molecule has 136 valence electrons. The maximum absolute atomic E-state index is 12.9. The first-order valence-corrected chi connectivity index (χ1v) is 9.99. The van der Waals surface area contributed by atoms with E-state index in [-0.39, 0.29) is 17.2 Å². The Morgan fingerprint density at radius 2 is 2.12 bits per heavy atom. The molecule has 1 aromatic carbocycles. The smallest absolute Gasteiger partial charge is 0.276 e. The van der Waals surface area contributed by atoms with Crippen LogP contribution in [0.5, 0.6) is 0 Å². The number of hydrogen-bond acceptors (Lipinski definition) is 6. The molecule has 2 aromatic heterocycles. The fourth-order valence-electron chi connectivity index (χ4n) is 2.28. The zero-order chi connectivity index (χ0) is 18.5. The highest BCUT2D eigenvalue weighted by atomic mass is 35.5.